The molecule has 0 radical (unpaired) electrons. The summed E-state index contributed by atoms with van der Waals surface area (Å²) in [6.45, 7) is 10.1. The molecular weight excluding hydrogens is 266 g/mol. The number of allylic oxidation sites excluding steroid dienone is 1. The van der Waals surface area contributed by atoms with Gasteiger partial charge in [0.1, 0.15) is 12.3 Å². The van der Waals surface area contributed by atoms with Gasteiger partial charge in [0.05, 0.1) is 13.1 Å². The first-order chi connectivity index (χ1) is 9.93. The lowest BCUT2D eigenvalue weighted by Crippen LogP contribution is -2.59. The normalized spacial score (nSPS) is 14.2. The van der Waals surface area contributed by atoms with E-state index in [1.54, 1.807) is 6.92 Å². The van der Waals surface area contributed by atoms with Gasteiger partial charge < -0.3 is 14.7 Å². The lowest BCUT2D eigenvalue weighted by atomic mass is 10.1. The molecule has 4 nitrogen and oxygen atoms in total. The summed E-state index contributed by atoms with van der Waals surface area (Å²) in [6, 6.07) is -0.490. The number of carboxylic acid groups (broad SMARTS) is 1. The lowest BCUT2D eigenvalue weighted by molar-refractivity contribution is -0.938. The van der Waals surface area contributed by atoms with Crippen molar-refractivity contribution >= 4 is 5.97 Å². The molecule has 0 saturated carbocycles. The number of quaternary nitrogens is 1. The van der Waals surface area contributed by atoms with Crippen LogP contribution >= 0.6 is 0 Å². The molecule has 124 valence electrons. The van der Waals surface area contributed by atoms with E-state index in [9.17, 15) is 15.0 Å². The van der Waals surface area contributed by atoms with E-state index in [1.807, 2.05) is 6.08 Å². The van der Waals surface area contributed by atoms with Crippen molar-refractivity contribution in [3.8, 4) is 0 Å². The van der Waals surface area contributed by atoms with E-state index in [0.29, 0.717) is 16.8 Å². The van der Waals surface area contributed by atoms with Gasteiger partial charge in [-0.25, -0.2) is 4.79 Å². The summed E-state index contributed by atoms with van der Waals surface area (Å²) in [7, 11) is 0. The van der Waals surface area contributed by atoms with E-state index in [2.05, 4.69) is 20.8 Å². The Morgan fingerprint density at radius 3 is 2.05 bits per heavy atom. The minimum absolute atomic E-state index is 0.348. The summed E-state index contributed by atoms with van der Waals surface area (Å²) in [6.07, 6.45) is 8.00. The maximum atomic E-state index is 11.5. The van der Waals surface area contributed by atoms with Crippen molar-refractivity contribution in [2.24, 2.45) is 0 Å². The summed E-state index contributed by atoms with van der Waals surface area (Å²) >= 11 is 0. The monoisotopic (exact) mass is 300 g/mol. The average molecular weight is 300 g/mol. The number of aliphatic carboxylic acids is 1. The molecule has 0 aliphatic rings. The Morgan fingerprint density at radius 1 is 1.05 bits per heavy atom. The molecule has 0 amide bonds. The molecular formula is C17H34NO3+. The van der Waals surface area contributed by atoms with E-state index in [4.69, 9.17) is 0 Å². The molecule has 0 aromatic heterocycles. The van der Waals surface area contributed by atoms with Gasteiger partial charge in [0.15, 0.2) is 6.04 Å². The summed E-state index contributed by atoms with van der Waals surface area (Å²) in [5.74, 6) is -0.434. The molecule has 1 unspecified atom stereocenters. The van der Waals surface area contributed by atoms with Crippen LogP contribution < -0.4 is 0 Å². The Morgan fingerprint density at radius 2 is 1.62 bits per heavy atom. The fourth-order valence-electron chi connectivity index (χ4n) is 2.97. The van der Waals surface area contributed by atoms with E-state index >= 15 is 0 Å². The van der Waals surface area contributed by atoms with Gasteiger partial charge in [-0.3, -0.25) is 0 Å². The summed E-state index contributed by atoms with van der Waals surface area (Å²) in [4.78, 5) is 11.5. The highest BCUT2D eigenvalue weighted by Gasteiger charge is 2.38. The molecule has 0 aliphatic carbocycles. The molecule has 0 aromatic rings. The van der Waals surface area contributed by atoms with Gasteiger partial charge in [-0.2, -0.15) is 0 Å². The van der Waals surface area contributed by atoms with Gasteiger partial charge in [0.2, 0.25) is 0 Å². The molecule has 0 fully saturated rings. The Hall–Kier alpha value is -1.03. The van der Waals surface area contributed by atoms with Gasteiger partial charge in [-0.1, -0.05) is 33.6 Å². The third kappa shape index (κ3) is 6.98. The van der Waals surface area contributed by atoms with Crippen molar-refractivity contribution < 1.29 is 19.5 Å². The third-order valence-corrected chi connectivity index (χ3v) is 4.18. The van der Waals surface area contributed by atoms with Gasteiger partial charge in [-0.15, -0.1) is 0 Å². The highest BCUT2D eigenvalue weighted by Crippen LogP contribution is 2.19. The van der Waals surface area contributed by atoms with Crippen LogP contribution in [-0.2, 0) is 4.79 Å². The molecule has 1 atom stereocenters. The van der Waals surface area contributed by atoms with Crippen molar-refractivity contribution in [3.63, 3.8) is 0 Å². The van der Waals surface area contributed by atoms with E-state index in [1.165, 1.54) is 6.42 Å². The smallest absolute Gasteiger partial charge is 0.362 e. The molecule has 0 rings (SSSR count). The van der Waals surface area contributed by atoms with Crippen molar-refractivity contribution in [2.75, 3.05) is 19.6 Å². The number of nitrogens with zero attached hydrogens (tertiary/aromatic N) is 1. The first-order valence-electron chi connectivity index (χ1n) is 8.40. The van der Waals surface area contributed by atoms with Crippen LogP contribution in [0.1, 0.15) is 66.2 Å². The van der Waals surface area contributed by atoms with Crippen LogP contribution in [0.3, 0.4) is 0 Å². The largest absolute Gasteiger partial charge is 0.507 e. The van der Waals surface area contributed by atoms with E-state index < -0.39 is 12.0 Å². The molecule has 21 heavy (non-hydrogen) atoms. The van der Waals surface area contributed by atoms with Gasteiger partial charge in [0.25, 0.3) is 0 Å². The highest BCUT2D eigenvalue weighted by atomic mass is 16.4. The first-order valence-corrected chi connectivity index (χ1v) is 8.40. The minimum Gasteiger partial charge on any atom is -0.507 e. The molecule has 0 saturated heterocycles. The van der Waals surface area contributed by atoms with E-state index in [0.717, 1.165) is 45.2 Å². The van der Waals surface area contributed by atoms with Crippen LogP contribution in [0.2, 0.25) is 0 Å². The highest BCUT2D eigenvalue weighted by molar-refractivity contribution is 5.71. The quantitative estimate of drug-likeness (QED) is 0.324. The fourth-order valence-corrected chi connectivity index (χ4v) is 2.97. The predicted molar refractivity (Wildman–Crippen MR) is 87.4 cm³/mol. The van der Waals surface area contributed by atoms with E-state index in [-0.39, 0.29) is 0 Å². The van der Waals surface area contributed by atoms with Gasteiger partial charge >= 0.3 is 5.97 Å². The van der Waals surface area contributed by atoms with Crippen LogP contribution in [0.5, 0.6) is 0 Å². The number of hydrogen-bond acceptors (Lipinski definition) is 2. The second-order valence-corrected chi connectivity index (χ2v) is 6.03. The van der Waals surface area contributed by atoms with Crippen LogP contribution in [0.4, 0.5) is 0 Å². The van der Waals surface area contributed by atoms with Crippen molar-refractivity contribution in [1.82, 2.24) is 0 Å². The number of carboxylic acids is 1. The number of aliphatic hydroxyl groups excluding tert-OH is 1. The maximum Gasteiger partial charge on any atom is 0.362 e. The molecule has 0 aromatic carbocycles. The fraction of sp³-hybridized carbons (Fsp3) is 0.824. The Kier molecular flexibility index (Phi) is 10.1. The lowest BCUT2D eigenvalue weighted by Gasteiger charge is -2.41. The van der Waals surface area contributed by atoms with Crippen LogP contribution in [-0.4, -0.2) is 46.3 Å². The summed E-state index contributed by atoms with van der Waals surface area (Å²) in [5, 5.41) is 19.6. The average Bonchev–Trinajstić information content (AvgIpc) is 2.43. The summed E-state index contributed by atoms with van der Waals surface area (Å²) in [5.41, 5.74) is 0. The molecule has 0 heterocycles. The number of aliphatic hydroxyl groups is 1. The van der Waals surface area contributed by atoms with Gasteiger partial charge in [-0.05, 0) is 38.7 Å². The molecule has 0 bridgehead atoms. The molecule has 2 N–H and O–H groups in total. The number of rotatable bonds is 12. The Bertz CT molecular complexity index is 320. The molecule has 4 heteroatoms. The third-order valence-electron chi connectivity index (χ3n) is 4.18. The zero-order valence-corrected chi connectivity index (χ0v) is 14.3. The zero-order valence-electron chi connectivity index (χ0n) is 14.3. The minimum atomic E-state index is -0.782. The second-order valence-electron chi connectivity index (χ2n) is 6.03. The zero-order chi connectivity index (χ0) is 16.3. The predicted octanol–water partition coefficient (Wildman–Crippen LogP) is 4.12. The molecule has 0 aliphatic heterocycles. The van der Waals surface area contributed by atoms with Crippen LogP contribution in [0.25, 0.3) is 0 Å². The number of unbranched alkanes of at least 4 members (excludes halogenated alkanes) is 3. The van der Waals surface area contributed by atoms with Crippen molar-refractivity contribution in [2.45, 2.75) is 72.3 Å². The standard InChI is InChI=1S/C17H33NO3/c1-5-8-9-10-11-16(19)14-18(12-6-2,13-7-3)15(4)17(20)21/h11,15H,5-10,12-14H2,1-4H3,(H-,19,20,21)/p+1/b16-11-. The topological polar surface area (TPSA) is 57.5 Å². The first kappa shape index (κ1) is 20.0. The van der Waals surface area contributed by atoms with Crippen LogP contribution in [0, 0.1) is 0 Å². The summed E-state index contributed by atoms with van der Waals surface area (Å²) < 4.78 is 0.443. The number of hydrogen-bond donors (Lipinski definition) is 2. The SMILES string of the molecule is CCCCC/C=C(\O)C[N+](CCC)(CCC)C(C)C(=O)O. The molecule has 0 spiro atoms. The maximum absolute atomic E-state index is 11.5. The van der Waals surface area contributed by atoms with Crippen molar-refractivity contribution in [3.05, 3.63) is 11.8 Å². The van der Waals surface area contributed by atoms with Gasteiger partial charge in [0, 0.05) is 0 Å². The number of carbonyl (C=O) groups is 1. The Balaban J connectivity index is 4.97. The second kappa shape index (κ2) is 10.7. The van der Waals surface area contributed by atoms with Crippen LogP contribution in [0.15, 0.2) is 11.8 Å². The Labute approximate surface area is 130 Å². The van der Waals surface area contributed by atoms with Crippen molar-refractivity contribution in [1.29, 1.82) is 0 Å².